The molecule has 2 unspecified atom stereocenters. The topological polar surface area (TPSA) is 58.2 Å². The van der Waals surface area contributed by atoms with Gasteiger partial charge in [-0.3, -0.25) is 9.59 Å². The lowest BCUT2D eigenvalue weighted by atomic mass is 9.88. The Bertz CT molecular complexity index is 537. The summed E-state index contributed by atoms with van der Waals surface area (Å²) in [7, 11) is 0. The molecule has 0 saturated heterocycles. The second kappa shape index (κ2) is 6.12. The molecule has 1 aliphatic rings. The molecule has 0 aliphatic heterocycles. The van der Waals surface area contributed by atoms with Crippen molar-refractivity contribution in [2.45, 2.75) is 32.7 Å². The van der Waals surface area contributed by atoms with E-state index < -0.39 is 5.41 Å². The molecule has 2 amide bonds. The Morgan fingerprint density at radius 3 is 2.62 bits per heavy atom. The third kappa shape index (κ3) is 3.94. The third-order valence-electron chi connectivity index (χ3n) is 3.75. The first-order valence-electron chi connectivity index (χ1n) is 7.22. The first-order chi connectivity index (χ1) is 9.94. The van der Waals surface area contributed by atoms with Crippen LogP contribution >= 0.6 is 0 Å². The Morgan fingerprint density at radius 1 is 1.33 bits per heavy atom. The van der Waals surface area contributed by atoms with Crippen molar-refractivity contribution in [3.63, 3.8) is 0 Å². The number of anilines is 1. The number of carbonyl (C=O) groups excluding carboxylic acids is 2. The molecule has 2 N–H and O–H groups in total. The Kier molecular flexibility index (Phi) is 4.46. The monoisotopic (exact) mass is 286 g/mol. The van der Waals surface area contributed by atoms with Gasteiger partial charge >= 0.3 is 0 Å². The SMILES string of the molecule is C=CCC(C)(C)C(=O)NC1CC1C(=O)Nc1ccccc1. The van der Waals surface area contributed by atoms with Crippen LogP contribution < -0.4 is 10.6 Å². The number of amides is 2. The number of allylic oxidation sites excluding steroid dienone is 1. The smallest absolute Gasteiger partial charge is 0.229 e. The van der Waals surface area contributed by atoms with E-state index in [0.717, 1.165) is 5.69 Å². The van der Waals surface area contributed by atoms with E-state index in [-0.39, 0.29) is 23.8 Å². The fourth-order valence-corrected chi connectivity index (χ4v) is 2.22. The second-order valence-corrected chi connectivity index (χ2v) is 6.15. The van der Waals surface area contributed by atoms with Gasteiger partial charge in [-0.25, -0.2) is 0 Å². The summed E-state index contributed by atoms with van der Waals surface area (Å²) in [5, 5.41) is 5.81. The molecule has 4 heteroatoms. The van der Waals surface area contributed by atoms with Gasteiger partial charge in [-0.15, -0.1) is 6.58 Å². The van der Waals surface area contributed by atoms with Gasteiger partial charge < -0.3 is 10.6 Å². The highest BCUT2D eigenvalue weighted by molar-refractivity contribution is 5.95. The maximum Gasteiger partial charge on any atom is 0.229 e. The first kappa shape index (κ1) is 15.3. The van der Waals surface area contributed by atoms with Crippen molar-refractivity contribution in [1.29, 1.82) is 0 Å². The van der Waals surface area contributed by atoms with Crippen molar-refractivity contribution >= 4 is 17.5 Å². The van der Waals surface area contributed by atoms with Crippen molar-refractivity contribution in [2.75, 3.05) is 5.32 Å². The molecular formula is C17H22N2O2. The van der Waals surface area contributed by atoms with Crippen LogP contribution in [0.25, 0.3) is 0 Å². The zero-order valence-electron chi connectivity index (χ0n) is 12.6. The first-order valence-corrected chi connectivity index (χ1v) is 7.22. The van der Waals surface area contributed by atoms with Gasteiger partial charge in [0.05, 0.1) is 5.92 Å². The van der Waals surface area contributed by atoms with Crippen LogP contribution in [-0.4, -0.2) is 17.9 Å². The Morgan fingerprint density at radius 2 is 2.00 bits per heavy atom. The van der Waals surface area contributed by atoms with E-state index in [2.05, 4.69) is 17.2 Å². The average molecular weight is 286 g/mol. The number of para-hydroxylation sites is 1. The van der Waals surface area contributed by atoms with E-state index in [0.29, 0.717) is 12.8 Å². The summed E-state index contributed by atoms with van der Waals surface area (Å²) in [6, 6.07) is 9.30. The molecule has 4 nitrogen and oxygen atoms in total. The molecule has 1 fully saturated rings. The van der Waals surface area contributed by atoms with Crippen LogP contribution in [0.1, 0.15) is 26.7 Å². The number of benzene rings is 1. The van der Waals surface area contributed by atoms with Crippen LogP contribution in [0.5, 0.6) is 0 Å². The van der Waals surface area contributed by atoms with Crippen LogP contribution in [-0.2, 0) is 9.59 Å². The molecule has 21 heavy (non-hydrogen) atoms. The van der Waals surface area contributed by atoms with E-state index in [1.807, 2.05) is 44.2 Å². The van der Waals surface area contributed by atoms with Crippen LogP contribution in [0.3, 0.4) is 0 Å². The molecule has 1 aromatic carbocycles. The number of hydrogen-bond donors (Lipinski definition) is 2. The molecular weight excluding hydrogens is 264 g/mol. The molecule has 0 aromatic heterocycles. The maximum atomic E-state index is 12.1. The minimum Gasteiger partial charge on any atom is -0.352 e. The van der Waals surface area contributed by atoms with Gasteiger partial charge in [-0.05, 0) is 25.0 Å². The molecule has 0 bridgehead atoms. The summed E-state index contributed by atoms with van der Waals surface area (Å²) >= 11 is 0. The predicted molar refractivity (Wildman–Crippen MR) is 83.7 cm³/mol. The summed E-state index contributed by atoms with van der Waals surface area (Å²) in [6.45, 7) is 7.43. The van der Waals surface area contributed by atoms with Gasteiger partial charge in [-0.1, -0.05) is 38.1 Å². The van der Waals surface area contributed by atoms with Gasteiger partial charge in [0.25, 0.3) is 0 Å². The summed E-state index contributed by atoms with van der Waals surface area (Å²) < 4.78 is 0. The van der Waals surface area contributed by atoms with E-state index in [9.17, 15) is 9.59 Å². The fourth-order valence-electron chi connectivity index (χ4n) is 2.22. The number of nitrogens with one attached hydrogen (secondary N) is 2. The quantitative estimate of drug-likeness (QED) is 0.790. The van der Waals surface area contributed by atoms with Crippen LogP contribution in [0.2, 0.25) is 0 Å². The van der Waals surface area contributed by atoms with E-state index in [1.54, 1.807) is 6.08 Å². The lowest BCUT2D eigenvalue weighted by molar-refractivity contribution is -0.129. The fraction of sp³-hybridized carbons (Fsp3) is 0.412. The van der Waals surface area contributed by atoms with Gasteiger partial charge in [0, 0.05) is 17.1 Å². The Hall–Kier alpha value is -2.10. The summed E-state index contributed by atoms with van der Waals surface area (Å²) in [5.74, 6) is -0.191. The highest BCUT2D eigenvalue weighted by Gasteiger charge is 2.45. The molecule has 2 rings (SSSR count). The standard InChI is InChI=1S/C17H22N2O2/c1-4-10-17(2,3)16(21)19-14-11-13(14)15(20)18-12-8-6-5-7-9-12/h4-9,13-14H,1,10-11H2,2-3H3,(H,18,20)(H,19,21). The van der Waals surface area contributed by atoms with Gasteiger partial charge in [0.15, 0.2) is 0 Å². The molecule has 112 valence electrons. The van der Waals surface area contributed by atoms with Crippen LogP contribution in [0.15, 0.2) is 43.0 Å². The molecule has 2 atom stereocenters. The normalized spacial score (nSPS) is 20.5. The molecule has 0 spiro atoms. The van der Waals surface area contributed by atoms with Crippen molar-refractivity contribution in [3.8, 4) is 0 Å². The minimum atomic E-state index is -0.481. The van der Waals surface area contributed by atoms with Crippen molar-refractivity contribution in [1.82, 2.24) is 5.32 Å². The van der Waals surface area contributed by atoms with E-state index in [1.165, 1.54) is 0 Å². The van der Waals surface area contributed by atoms with Gasteiger partial charge in [0.1, 0.15) is 0 Å². The lowest BCUT2D eigenvalue weighted by Crippen LogP contribution is -2.39. The zero-order chi connectivity index (χ0) is 15.5. The van der Waals surface area contributed by atoms with Gasteiger partial charge in [-0.2, -0.15) is 0 Å². The van der Waals surface area contributed by atoms with E-state index in [4.69, 9.17) is 0 Å². The van der Waals surface area contributed by atoms with Gasteiger partial charge in [0.2, 0.25) is 11.8 Å². The number of rotatable bonds is 6. The summed E-state index contributed by atoms with van der Waals surface area (Å²) in [5.41, 5.74) is 0.302. The molecule has 0 heterocycles. The average Bonchev–Trinajstić information content (AvgIpc) is 3.19. The Balaban J connectivity index is 1.83. The second-order valence-electron chi connectivity index (χ2n) is 6.15. The van der Waals surface area contributed by atoms with Crippen molar-refractivity contribution in [3.05, 3.63) is 43.0 Å². The Labute approximate surface area is 125 Å². The number of hydrogen-bond acceptors (Lipinski definition) is 2. The zero-order valence-corrected chi connectivity index (χ0v) is 12.6. The largest absolute Gasteiger partial charge is 0.352 e. The van der Waals surface area contributed by atoms with Crippen molar-refractivity contribution < 1.29 is 9.59 Å². The van der Waals surface area contributed by atoms with Crippen LogP contribution in [0, 0.1) is 11.3 Å². The van der Waals surface area contributed by atoms with E-state index >= 15 is 0 Å². The van der Waals surface area contributed by atoms with Crippen LogP contribution in [0.4, 0.5) is 5.69 Å². The molecule has 1 saturated carbocycles. The molecule has 0 radical (unpaired) electrons. The third-order valence-corrected chi connectivity index (χ3v) is 3.75. The summed E-state index contributed by atoms with van der Waals surface area (Å²) in [4.78, 5) is 24.2. The summed E-state index contributed by atoms with van der Waals surface area (Å²) in [6.07, 6.45) is 3.06. The molecule has 1 aliphatic carbocycles. The minimum absolute atomic E-state index is 0.0255. The molecule has 1 aromatic rings. The number of carbonyl (C=O) groups is 2. The maximum absolute atomic E-state index is 12.1. The van der Waals surface area contributed by atoms with Crippen molar-refractivity contribution in [2.24, 2.45) is 11.3 Å². The highest BCUT2D eigenvalue weighted by Crippen LogP contribution is 2.33. The lowest BCUT2D eigenvalue weighted by Gasteiger charge is -2.21. The predicted octanol–water partition coefficient (Wildman–Crippen LogP) is 2.73. The highest BCUT2D eigenvalue weighted by atomic mass is 16.2.